The number of hydrogen-bond donors (Lipinski definition) is 0. The number of rotatable bonds is 13. The second-order valence-electron chi connectivity index (χ2n) is 7.97. The van der Waals surface area contributed by atoms with E-state index in [0.29, 0.717) is 13.3 Å². The zero-order valence-corrected chi connectivity index (χ0v) is 17.9. The topological polar surface area (TPSA) is 47.1 Å². The zero-order valence-electron chi connectivity index (χ0n) is 17.9. The van der Waals surface area contributed by atoms with Crippen LogP contribution in [0, 0.1) is 0 Å². The van der Waals surface area contributed by atoms with Crippen molar-refractivity contribution in [1.29, 1.82) is 0 Å². The minimum Gasteiger partial charge on any atom is -0.297 e. The van der Waals surface area contributed by atoms with Crippen LogP contribution in [0.3, 0.4) is 0 Å². The quantitative estimate of drug-likeness (QED) is 0.466. The van der Waals surface area contributed by atoms with Crippen molar-refractivity contribution in [1.82, 2.24) is 19.6 Å². The van der Waals surface area contributed by atoms with Gasteiger partial charge in [-0.25, -0.2) is 9.69 Å². The van der Waals surface area contributed by atoms with Crippen LogP contribution in [0.25, 0.3) is 0 Å². The summed E-state index contributed by atoms with van der Waals surface area (Å²) in [7, 11) is 4.01. The summed E-state index contributed by atoms with van der Waals surface area (Å²) in [5, 5.41) is 0. The molecule has 0 aromatic heterocycles. The molecule has 1 aliphatic rings. The molecule has 0 saturated carbocycles. The number of hydrogen-bond acceptors (Lipinski definition) is 4. The first-order valence-electron chi connectivity index (χ1n) is 10.3. The molecule has 1 unspecified atom stereocenters. The van der Waals surface area contributed by atoms with Gasteiger partial charge in [0.1, 0.15) is 5.54 Å². The average Bonchev–Trinajstić information content (AvgIpc) is 2.79. The van der Waals surface area contributed by atoms with E-state index in [4.69, 9.17) is 0 Å². The highest BCUT2D eigenvalue weighted by Crippen LogP contribution is 2.32. The molecule has 6 heteroatoms. The number of carbonyl (C=O) groups excluding carboxylic acids is 2. The Hall–Kier alpha value is -1.14. The third-order valence-corrected chi connectivity index (χ3v) is 5.33. The van der Waals surface area contributed by atoms with E-state index in [1.54, 1.807) is 4.90 Å². The summed E-state index contributed by atoms with van der Waals surface area (Å²) in [6, 6.07) is -0.139. The summed E-state index contributed by atoms with van der Waals surface area (Å²) in [5.74, 6) is -0.0387. The van der Waals surface area contributed by atoms with E-state index >= 15 is 0 Å². The lowest BCUT2D eigenvalue weighted by molar-refractivity contribution is -0.134. The second kappa shape index (κ2) is 10.9. The van der Waals surface area contributed by atoms with Gasteiger partial charge in [0.05, 0.1) is 13.3 Å². The summed E-state index contributed by atoms with van der Waals surface area (Å²) in [6.07, 6.45) is 7.10. The third kappa shape index (κ3) is 5.68. The van der Waals surface area contributed by atoms with Gasteiger partial charge in [-0.1, -0.05) is 46.5 Å². The lowest BCUT2D eigenvalue weighted by atomic mass is 9.93. The highest BCUT2D eigenvalue weighted by atomic mass is 16.2. The maximum Gasteiger partial charge on any atom is 0.329 e. The molecule has 1 aliphatic heterocycles. The van der Waals surface area contributed by atoms with Gasteiger partial charge < -0.3 is 0 Å². The van der Waals surface area contributed by atoms with Gasteiger partial charge in [-0.2, -0.15) is 0 Å². The third-order valence-electron chi connectivity index (χ3n) is 5.33. The molecule has 1 fully saturated rings. The van der Waals surface area contributed by atoms with E-state index in [0.717, 1.165) is 58.0 Å². The van der Waals surface area contributed by atoms with Crippen molar-refractivity contribution >= 4 is 11.9 Å². The van der Waals surface area contributed by atoms with Gasteiger partial charge in [0.15, 0.2) is 0 Å². The summed E-state index contributed by atoms with van der Waals surface area (Å²) >= 11 is 0. The molecule has 0 radical (unpaired) electrons. The molecule has 0 aromatic carbocycles. The van der Waals surface area contributed by atoms with E-state index in [-0.39, 0.29) is 11.9 Å². The summed E-state index contributed by atoms with van der Waals surface area (Å²) in [4.78, 5) is 33.8. The highest BCUT2D eigenvalue weighted by molar-refractivity contribution is 6.06. The molecule has 0 N–H and O–H groups in total. The van der Waals surface area contributed by atoms with Gasteiger partial charge in [-0.05, 0) is 53.4 Å². The monoisotopic (exact) mass is 368 g/mol. The Kier molecular flexibility index (Phi) is 9.58. The van der Waals surface area contributed by atoms with Gasteiger partial charge in [0.25, 0.3) is 5.91 Å². The van der Waals surface area contributed by atoms with Crippen molar-refractivity contribution in [3.63, 3.8) is 0 Å². The Bertz CT molecular complexity index is 457. The van der Waals surface area contributed by atoms with Crippen LogP contribution in [0.5, 0.6) is 0 Å². The molecule has 0 bridgehead atoms. The fourth-order valence-corrected chi connectivity index (χ4v) is 3.43. The van der Waals surface area contributed by atoms with E-state index in [9.17, 15) is 9.59 Å². The molecule has 0 spiro atoms. The van der Waals surface area contributed by atoms with Crippen molar-refractivity contribution < 1.29 is 9.59 Å². The van der Waals surface area contributed by atoms with Gasteiger partial charge in [0, 0.05) is 0 Å². The van der Waals surface area contributed by atoms with Crippen LogP contribution in [-0.2, 0) is 4.79 Å². The molecule has 0 aliphatic carbocycles. The first-order valence-corrected chi connectivity index (χ1v) is 10.3. The van der Waals surface area contributed by atoms with Crippen LogP contribution in [0.1, 0.15) is 72.6 Å². The van der Waals surface area contributed by atoms with Crippen LogP contribution >= 0.6 is 0 Å². The molecule has 152 valence electrons. The maximum atomic E-state index is 13.2. The Labute approximate surface area is 160 Å². The number of urea groups is 1. The molecule has 0 aromatic rings. The van der Waals surface area contributed by atoms with Crippen LogP contribution in [-0.4, -0.2) is 77.6 Å². The van der Waals surface area contributed by atoms with Crippen LogP contribution in [0.15, 0.2) is 0 Å². The largest absolute Gasteiger partial charge is 0.329 e. The fourth-order valence-electron chi connectivity index (χ4n) is 3.43. The smallest absolute Gasteiger partial charge is 0.297 e. The molecule has 6 nitrogen and oxygen atoms in total. The normalized spacial score (nSPS) is 20.9. The van der Waals surface area contributed by atoms with Gasteiger partial charge in [-0.3, -0.25) is 19.5 Å². The molecule has 1 rings (SSSR count). The lowest BCUT2D eigenvalue weighted by Gasteiger charge is -2.34. The van der Waals surface area contributed by atoms with Crippen molar-refractivity contribution in [3.05, 3.63) is 0 Å². The van der Waals surface area contributed by atoms with Crippen molar-refractivity contribution in [2.45, 2.75) is 78.2 Å². The lowest BCUT2D eigenvalue weighted by Crippen LogP contribution is -2.51. The Morgan fingerprint density at radius 3 is 1.85 bits per heavy atom. The second-order valence-corrected chi connectivity index (χ2v) is 7.97. The molecular weight excluding hydrogens is 328 g/mol. The molecule has 1 atom stereocenters. The Morgan fingerprint density at radius 2 is 1.35 bits per heavy atom. The number of nitrogens with zero attached hydrogens (tertiary/aromatic N) is 4. The van der Waals surface area contributed by atoms with Crippen molar-refractivity contribution in [2.24, 2.45) is 0 Å². The number of amides is 3. The van der Waals surface area contributed by atoms with Crippen LogP contribution < -0.4 is 0 Å². The maximum absolute atomic E-state index is 13.2. The first-order chi connectivity index (χ1) is 12.3. The van der Waals surface area contributed by atoms with E-state index in [1.807, 2.05) is 21.0 Å². The molecule has 3 amide bonds. The molecule has 1 saturated heterocycles. The molecule has 1 heterocycles. The SMILES string of the molecule is CCCCN(C)CN1C(=O)N(CN(C)CCCC)C(C)(CCCC)C1=O. The van der Waals surface area contributed by atoms with Gasteiger partial charge >= 0.3 is 6.03 Å². The predicted octanol–water partition coefficient (Wildman–Crippen LogP) is 3.58. The van der Waals surface area contributed by atoms with Crippen LogP contribution in [0.2, 0.25) is 0 Å². The number of unbranched alkanes of at least 4 members (excludes halogenated alkanes) is 3. The minimum atomic E-state index is -0.723. The van der Waals surface area contributed by atoms with E-state index in [1.165, 1.54) is 4.90 Å². The summed E-state index contributed by atoms with van der Waals surface area (Å²) in [6.45, 7) is 11.1. The predicted molar refractivity (Wildman–Crippen MR) is 107 cm³/mol. The Balaban J connectivity index is 2.92. The summed E-state index contributed by atoms with van der Waals surface area (Å²) < 4.78 is 0. The van der Waals surface area contributed by atoms with Crippen molar-refractivity contribution in [2.75, 3.05) is 40.5 Å². The average molecular weight is 369 g/mol. The van der Waals surface area contributed by atoms with Gasteiger partial charge in [-0.15, -0.1) is 0 Å². The standard InChI is InChI=1S/C20H40N4O2/c1-7-10-13-20(4)18(25)23(16-21(5)14-11-8-2)19(26)24(20)17-22(6)15-12-9-3/h7-17H2,1-6H3. The molecule has 26 heavy (non-hydrogen) atoms. The fraction of sp³-hybridized carbons (Fsp3) is 0.900. The van der Waals surface area contributed by atoms with E-state index in [2.05, 4.69) is 30.6 Å². The zero-order chi connectivity index (χ0) is 19.7. The number of carbonyl (C=O) groups is 2. The number of imide groups is 1. The molecular formula is C20H40N4O2. The Morgan fingerprint density at radius 1 is 0.846 bits per heavy atom. The highest BCUT2D eigenvalue weighted by Gasteiger charge is 2.53. The van der Waals surface area contributed by atoms with Crippen LogP contribution in [0.4, 0.5) is 4.79 Å². The van der Waals surface area contributed by atoms with E-state index < -0.39 is 5.54 Å². The first kappa shape index (κ1) is 22.9. The minimum absolute atomic E-state index is 0.0387. The van der Waals surface area contributed by atoms with Crippen molar-refractivity contribution in [3.8, 4) is 0 Å². The van der Waals surface area contributed by atoms with Gasteiger partial charge in [0.2, 0.25) is 0 Å². The summed E-state index contributed by atoms with van der Waals surface area (Å²) in [5.41, 5.74) is -0.723.